The van der Waals surface area contributed by atoms with Gasteiger partial charge in [-0.2, -0.15) is 0 Å². The maximum Gasteiger partial charge on any atom is 0.153 e. The summed E-state index contributed by atoms with van der Waals surface area (Å²) in [5, 5.41) is 6.64. The van der Waals surface area contributed by atoms with Gasteiger partial charge in [-0.05, 0) is 49.7 Å². The second kappa shape index (κ2) is 14.8. The predicted octanol–water partition coefficient (Wildman–Crippen LogP) is 5.13. The summed E-state index contributed by atoms with van der Waals surface area (Å²) >= 11 is 0. The van der Waals surface area contributed by atoms with Gasteiger partial charge in [-0.3, -0.25) is 4.79 Å². The SMILES string of the molecule is [2H]NCC(CNCC(=O)C(C)c1ccc(CC(C)C)cc1)C(=C)NCCC(=C)CCC(=C)C. The van der Waals surface area contributed by atoms with E-state index in [0.29, 0.717) is 25.6 Å². The topological polar surface area (TPSA) is 67.1 Å². The van der Waals surface area contributed by atoms with E-state index in [-0.39, 0.29) is 17.6 Å². The Bertz CT molecular complexity index is 770. The van der Waals surface area contributed by atoms with Crippen molar-refractivity contribution < 1.29 is 6.21 Å². The third-order valence-corrected chi connectivity index (χ3v) is 5.77. The van der Waals surface area contributed by atoms with Crippen molar-refractivity contribution in [1.82, 2.24) is 10.6 Å². The summed E-state index contributed by atoms with van der Waals surface area (Å²) in [4.78, 5) is 12.7. The standard InChI is InChI=1S/C28H45N3O/c1-20(2)8-9-22(5)14-15-31-24(7)27(17-29)18-30-19-28(32)23(6)26-12-10-25(11-13-26)16-21(3)4/h10-13,21,23,27,30-31H,1,5,7-9,14-19,29H2,2-4,6H3/i/hD. The van der Waals surface area contributed by atoms with Gasteiger partial charge in [0.2, 0.25) is 0 Å². The zero-order chi connectivity index (χ0) is 24.8. The van der Waals surface area contributed by atoms with Crippen LogP contribution in [0.2, 0.25) is 1.41 Å². The highest BCUT2D eigenvalue weighted by atomic mass is 16.1. The van der Waals surface area contributed by atoms with E-state index in [1.54, 1.807) is 0 Å². The van der Waals surface area contributed by atoms with Crippen molar-refractivity contribution in [3.05, 3.63) is 72.0 Å². The van der Waals surface area contributed by atoms with Crippen LogP contribution < -0.4 is 16.4 Å². The molecular formula is C28H45N3O. The number of carbonyl (C=O) groups is 1. The fourth-order valence-corrected chi connectivity index (χ4v) is 3.50. The van der Waals surface area contributed by atoms with Gasteiger partial charge in [-0.1, -0.05) is 69.3 Å². The molecule has 0 heterocycles. The Hall–Kier alpha value is -2.17. The van der Waals surface area contributed by atoms with Crippen molar-refractivity contribution in [1.29, 1.82) is 0 Å². The molecule has 2 atom stereocenters. The minimum absolute atomic E-state index is 0.0182. The second-order valence-electron chi connectivity index (χ2n) is 9.47. The minimum Gasteiger partial charge on any atom is -0.388 e. The first kappa shape index (κ1) is 26.1. The smallest absolute Gasteiger partial charge is 0.153 e. The van der Waals surface area contributed by atoms with E-state index in [2.05, 4.69) is 74.2 Å². The molecule has 0 fully saturated rings. The number of hydrogen-bond acceptors (Lipinski definition) is 4. The van der Waals surface area contributed by atoms with Crippen LogP contribution in [0.5, 0.6) is 0 Å². The largest absolute Gasteiger partial charge is 0.388 e. The van der Waals surface area contributed by atoms with E-state index >= 15 is 0 Å². The van der Waals surface area contributed by atoms with Crippen LogP contribution >= 0.6 is 0 Å². The molecule has 0 radical (unpaired) electrons. The van der Waals surface area contributed by atoms with Gasteiger partial charge in [0.05, 0.1) is 6.54 Å². The second-order valence-corrected chi connectivity index (χ2v) is 9.47. The molecule has 4 N–H and O–H groups in total. The lowest BCUT2D eigenvalue weighted by Crippen LogP contribution is -2.37. The molecule has 0 amide bonds. The molecule has 0 saturated heterocycles. The van der Waals surface area contributed by atoms with Crippen LogP contribution in [0.3, 0.4) is 0 Å². The molecule has 0 aliphatic rings. The van der Waals surface area contributed by atoms with Crippen molar-refractivity contribution in [3.8, 4) is 0 Å². The average Bonchev–Trinajstić information content (AvgIpc) is 2.76. The number of benzene rings is 1. The van der Waals surface area contributed by atoms with Crippen LogP contribution in [0.25, 0.3) is 0 Å². The predicted molar refractivity (Wildman–Crippen MR) is 139 cm³/mol. The number of nitrogens with two attached hydrogens (primary N) is 1. The Morgan fingerprint density at radius 2 is 1.78 bits per heavy atom. The third kappa shape index (κ3) is 10.9. The number of nitrogens with one attached hydrogen (secondary N) is 2. The van der Waals surface area contributed by atoms with Crippen LogP contribution in [0.1, 0.15) is 64.0 Å². The van der Waals surface area contributed by atoms with Gasteiger partial charge in [-0.25, -0.2) is 0 Å². The molecular weight excluding hydrogens is 394 g/mol. The Kier molecular flexibility index (Phi) is 12.1. The summed E-state index contributed by atoms with van der Waals surface area (Å²) in [5.41, 5.74) is 8.09. The zero-order valence-corrected chi connectivity index (χ0v) is 20.7. The lowest BCUT2D eigenvalue weighted by atomic mass is 9.94. The number of allylic oxidation sites excluding steroid dienone is 1. The summed E-state index contributed by atoms with van der Waals surface area (Å²) in [7, 11) is 0. The van der Waals surface area contributed by atoms with Crippen LogP contribution in [-0.4, -0.2) is 32.0 Å². The van der Waals surface area contributed by atoms with Crippen molar-refractivity contribution >= 4 is 5.78 Å². The van der Waals surface area contributed by atoms with Crippen LogP contribution in [0.4, 0.5) is 0 Å². The van der Waals surface area contributed by atoms with Crippen molar-refractivity contribution in [2.24, 2.45) is 17.6 Å². The van der Waals surface area contributed by atoms with E-state index in [9.17, 15) is 4.79 Å². The van der Waals surface area contributed by atoms with Crippen LogP contribution in [-0.2, 0) is 11.2 Å². The summed E-state index contributed by atoms with van der Waals surface area (Å²) in [6, 6.07) is 8.41. The van der Waals surface area contributed by atoms with Gasteiger partial charge in [0.15, 0.2) is 5.78 Å². The first-order valence-electron chi connectivity index (χ1n) is 12.3. The molecule has 0 saturated carbocycles. The highest BCUT2D eigenvalue weighted by molar-refractivity contribution is 5.87. The first-order chi connectivity index (χ1) is 15.6. The third-order valence-electron chi connectivity index (χ3n) is 5.77. The van der Waals surface area contributed by atoms with Gasteiger partial charge in [0, 0.05) is 37.2 Å². The Morgan fingerprint density at radius 3 is 2.38 bits per heavy atom. The fourth-order valence-electron chi connectivity index (χ4n) is 3.50. The highest BCUT2D eigenvalue weighted by Crippen LogP contribution is 2.18. The van der Waals surface area contributed by atoms with Crippen molar-refractivity contribution in [3.63, 3.8) is 0 Å². The monoisotopic (exact) mass is 440 g/mol. The van der Waals surface area contributed by atoms with E-state index in [1.165, 1.54) is 16.7 Å². The lowest BCUT2D eigenvalue weighted by Gasteiger charge is -2.21. The molecule has 4 heteroatoms. The maximum absolute atomic E-state index is 12.7. The molecule has 2 unspecified atom stereocenters. The summed E-state index contributed by atoms with van der Waals surface area (Å²) < 4.78 is 7.39. The molecule has 0 aliphatic heterocycles. The molecule has 1 rings (SSSR count). The van der Waals surface area contributed by atoms with Gasteiger partial charge >= 0.3 is 0 Å². The minimum atomic E-state index is -0.148. The lowest BCUT2D eigenvalue weighted by molar-refractivity contribution is -0.119. The molecule has 0 aromatic heterocycles. The summed E-state index contributed by atoms with van der Waals surface area (Å²) in [6.07, 6.45) is 3.87. The molecule has 0 aliphatic carbocycles. The summed E-state index contributed by atoms with van der Waals surface area (Å²) in [5.74, 6) is 0.654. The van der Waals surface area contributed by atoms with E-state index in [0.717, 1.165) is 43.5 Å². The molecule has 0 bridgehead atoms. The van der Waals surface area contributed by atoms with Gasteiger partial charge in [-0.15, -0.1) is 6.58 Å². The van der Waals surface area contributed by atoms with Crippen molar-refractivity contribution in [2.75, 3.05) is 26.2 Å². The zero-order valence-electron chi connectivity index (χ0n) is 21.7. The highest BCUT2D eigenvalue weighted by Gasteiger charge is 2.16. The van der Waals surface area contributed by atoms with Gasteiger partial charge in [0.1, 0.15) is 1.41 Å². The molecule has 0 spiro atoms. The summed E-state index contributed by atoms with van der Waals surface area (Å²) in [6.45, 7) is 22.8. The number of carbonyl (C=O) groups excluding carboxylic acids is 1. The molecule has 32 heavy (non-hydrogen) atoms. The first-order valence-corrected chi connectivity index (χ1v) is 11.8. The number of rotatable bonds is 18. The fraction of sp³-hybridized carbons (Fsp3) is 0.536. The molecule has 1 aromatic carbocycles. The van der Waals surface area contributed by atoms with E-state index < -0.39 is 0 Å². The Balaban J connectivity index is 2.44. The van der Waals surface area contributed by atoms with Crippen molar-refractivity contribution in [2.45, 2.75) is 59.3 Å². The van der Waals surface area contributed by atoms with Gasteiger partial charge < -0.3 is 16.4 Å². The molecule has 4 nitrogen and oxygen atoms in total. The molecule has 1 aromatic rings. The number of hydrogen-bond donors (Lipinski definition) is 3. The van der Waals surface area contributed by atoms with Crippen LogP contribution in [0.15, 0.2) is 60.8 Å². The van der Waals surface area contributed by atoms with E-state index in [1.807, 2.05) is 13.8 Å². The molecule has 178 valence electrons. The number of ketones is 1. The average molecular weight is 441 g/mol. The Labute approximate surface area is 197 Å². The van der Waals surface area contributed by atoms with E-state index in [4.69, 9.17) is 1.41 Å². The normalized spacial score (nSPS) is 13.3. The maximum atomic E-state index is 12.7. The number of Topliss-reactive ketones (excluding diaryl/α,β-unsaturated/α-hetero) is 1. The Morgan fingerprint density at radius 1 is 1.09 bits per heavy atom. The van der Waals surface area contributed by atoms with Crippen LogP contribution in [0, 0.1) is 11.8 Å². The van der Waals surface area contributed by atoms with Gasteiger partial charge in [0.25, 0.3) is 0 Å². The quantitative estimate of drug-likeness (QED) is 0.277.